The number of H-pyrrole nitrogens is 1. The van der Waals surface area contributed by atoms with E-state index >= 15 is 0 Å². The molecule has 7 rings (SSSR count). The van der Waals surface area contributed by atoms with Crippen LogP contribution < -0.4 is 37.2 Å². The number of unbranched alkanes of at least 4 members (excludes halogenated alkanes) is 3. The van der Waals surface area contributed by atoms with Gasteiger partial charge in [-0.25, -0.2) is 9.78 Å². The fraction of sp³-hybridized carbons (Fsp3) is 0.532. The number of carbonyl (C=O) groups is 10. The number of imide groups is 1. The van der Waals surface area contributed by atoms with E-state index in [9.17, 15) is 47.9 Å². The van der Waals surface area contributed by atoms with Gasteiger partial charge < -0.3 is 61.8 Å². The van der Waals surface area contributed by atoms with Crippen molar-refractivity contribution in [3.8, 4) is 0 Å². The van der Waals surface area contributed by atoms with Crippen LogP contribution in [0.4, 0.5) is 16.2 Å². The third kappa shape index (κ3) is 15.5. The minimum atomic E-state index is -0.807. The number of rotatable bonds is 21. The smallest absolute Gasteiger partial charge is 0.315 e. The second kappa shape index (κ2) is 26.0. The standard InChI is InChI=1S/C47H62N14O10S2/c62-36(7-2-1-5-15-61-39(65)13-14-40(61)66)49-26-38(64)50-27-41(67)57-16-18-59(19-17-57)44(69)45(70)60-22-20-58(21-23-60)43(68)33(24-32-25-48-29-51-32)55-47(72)53-31-11-9-30(10-12-31)52-37(63)8-4-3-6-35-42-34(28-73-35)54-46(71)56-42/h9-14,25,29,33-35,42H,1-8,15-24,26-28H2,(H,48,51)(H,49,62)(H,50,64)(H,52,63)(H2,53,55,72)(H2,54,56,71)/t33?,34-,35-,42-/m0/s1. The molecule has 0 spiro atoms. The number of imidazole rings is 1. The van der Waals surface area contributed by atoms with Crippen LogP contribution in [0, 0.1) is 0 Å². The average molecular weight is 1050 g/mol. The van der Waals surface area contributed by atoms with E-state index in [1.807, 2.05) is 11.8 Å². The number of nitrogens with zero attached hydrogens (tertiary/aromatic N) is 6. The topological polar surface area (TPSA) is 300 Å². The zero-order valence-corrected chi connectivity index (χ0v) is 42.0. The minimum Gasteiger partial charge on any atom is -0.350 e. The van der Waals surface area contributed by atoms with Crippen molar-refractivity contribution in [1.29, 1.82) is 0 Å². The van der Waals surface area contributed by atoms with Gasteiger partial charge >= 0.3 is 17.8 Å². The van der Waals surface area contributed by atoms with Crippen molar-refractivity contribution in [1.82, 2.24) is 61.1 Å². The van der Waals surface area contributed by atoms with Gasteiger partial charge in [0.05, 0.1) is 31.5 Å². The first-order valence-electron chi connectivity index (χ1n) is 24.6. The summed E-state index contributed by atoms with van der Waals surface area (Å²) in [5, 5.41) is 20.6. The predicted octanol–water partition coefficient (Wildman–Crippen LogP) is -0.969. The number of thioether (sulfide) groups is 1. The van der Waals surface area contributed by atoms with Crippen molar-refractivity contribution in [3.05, 3.63) is 54.6 Å². The molecule has 5 aliphatic rings. The maximum Gasteiger partial charge on any atom is 0.315 e. The molecule has 1 aromatic carbocycles. The second-order valence-corrected chi connectivity index (χ2v) is 19.9. The highest BCUT2D eigenvalue weighted by Crippen LogP contribution is 2.33. The Hall–Kier alpha value is -7.09. The van der Waals surface area contributed by atoms with Crippen LogP contribution in [0.2, 0.25) is 0 Å². The number of aromatic amines is 1. The maximum absolute atomic E-state index is 14.0. The van der Waals surface area contributed by atoms with Gasteiger partial charge in [0.1, 0.15) is 6.04 Å². The van der Waals surface area contributed by atoms with E-state index in [0.29, 0.717) is 48.0 Å². The lowest BCUT2D eigenvalue weighted by Gasteiger charge is -2.38. The number of thiocarbonyl (C=S) groups is 1. The zero-order chi connectivity index (χ0) is 51.9. The molecule has 392 valence electrons. The van der Waals surface area contributed by atoms with Crippen LogP contribution in [0.5, 0.6) is 0 Å². The Morgan fingerprint density at radius 3 is 1.96 bits per heavy atom. The van der Waals surface area contributed by atoms with E-state index in [-0.39, 0.29) is 144 Å². The van der Waals surface area contributed by atoms with E-state index in [2.05, 4.69) is 47.2 Å². The molecule has 4 fully saturated rings. The van der Waals surface area contributed by atoms with E-state index in [1.165, 1.54) is 33.2 Å². The summed E-state index contributed by atoms with van der Waals surface area (Å²) in [6, 6.07) is 6.45. The van der Waals surface area contributed by atoms with E-state index < -0.39 is 23.8 Å². The largest absolute Gasteiger partial charge is 0.350 e. The second-order valence-electron chi connectivity index (χ2n) is 18.2. The molecule has 1 unspecified atom stereocenters. The molecule has 0 aliphatic carbocycles. The molecule has 1 aromatic heterocycles. The van der Waals surface area contributed by atoms with Gasteiger partial charge in [-0.2, -0.15) is 11.8 Å². The molecule has 26 heteroatoms. The molecule has 6 heterocycles. The van der Waals surface area contributed by atoms with Crippen molar-refractivity contribution < 1.29 is 47.9 Å². The summed E-state index contributed by atoms with van der Waals surface area (Å²) in [7, 11) is 0. The van der Waals surface area contributed by atoms with Crippen molar-refractivity contribution >= 4 is 99.7 Å². The molecule has 73 heavy (non-hydrogen) atoms. The molecule has 2 aromatic rings. The first-order valence-corrected chi connectivity index (χ1v) is 26.0. The molecule has 11 amide bonds. The molecular weight excluding hydrogens is 985 g/mol. The fourth-order valence-electron chi connectivity index (χ4n) is 9.06. The molecule has 8 N–H and O–H groups in total. The SMILES string of the molecule is O=C(CCCCCN1C(=O)C=CC1=O)NCC(=O)NCC(=O)N1CCN(C(=O)C(=O)N2CCN(C(=O)C(Cc3cnc[nH]3)NC(=S)Nc3ccc(NC(=O)CCCC[C@@H]4SC[C@@H]5NC(=O)N[C@@H]54)cc3)CC2)CC1. The van der Waals surface area contributed by atoms with Gasteiger partial charge in [0.2, 0.25) is 29.5 Å². The lowest BCUT2D eigenvalue weighted by atomic mass is 10.0. The van der Waals surface area contributed by atoms with Crippen LogP contribution in [-0.2, 0) is 49.6 Å². The highest BCUT2D eigenvalue weighted by molar-refractivity contribution is 8.00. The lowest BCUT2D eigenvalue weighted by Crippen LogP contribution is -2.59. The molecule has 0 saturated carbocycles. The number of carbonyl (C=O) groups excluding carboxylic acids is 10. The highest BCUT2D eigenvalue weighted by Gasteiger charge is 2.42. The lowest BCUT2D eigenvalue weighted by molar-refractivity contribution is -0.155. The predicted molar refractivity (Wildman–Crippen MR) is 271 cm³/mol. The summed E-state index contributed by atoms with van der Waals surface area (Å²) in [6.07, 6.45) is 10.5. The number of hydrogen-bond donors (Lipinski definition) is 8. The summed E-state index contributed by atoms with van der Waals surface area (Å²) in [5.41, 5.74) is 1.95. The zero-order valence-electron chi connectivity index (χ0n) is 40.4. The van der Waals surface area contributed by atoms with Crippen LogP contribution in [0.15, 0.2) is 48.9 Å². The summed E-state index contributed by atoms with van der Waals surface area (Å²) in [4.78, 5) is 140. The third-order valence-corrected chi connectivity index (χ3v) is 14.9. The summed E-state index contributed by atoms with van der Waals surface area (Å²) >= 11 is 7.48. The van der Waals surface area contributed by atoms with Crippen LogP contribution in [0.3, 0.4) is 0 Å². The first kappa shape index (κ1) is 53.7. The minimum absolute atomic E-state index is 0.0915. The fourth-order valence-corrected chi connectivity index (χ4v) is 10.9. The normalized spacial score (nSPS) is 19.7. The Bertz CT molecular complexity index is 2390. The van der Waals surface area contributed by atoms with Crippen molar-refractivity contribution in [2.45, 2.75) is 81.2 Å². The van der Waals surface area contributed by atoms with Gasteiger partial charge in [0.25, 0.3) is 11.8 Å². The van der Waals surface area contributed by atoms with E-state index in [4.69, 9.17) is 12.2 Å². The van der Waals surface area contributed by atoms with Crippen molar-refractivity contribution in [2.24, 2.45) is 0 Å². The molecule has 0 radical (unpaired) electrons. The van der Waals surface area contributed by atoms with E-state index in [0.717, 1.165) is 29.9 Å². The number of nitrogens with one attached hydrogen (secondary N) is 8. The van der Waals surface area contributed by atoms with Gasteiger partial charge in [0, 0.05) is 125 Å². The number of fused-ring (bicyclic) bond motifs is 1. The quantitative estimate of drug-likeness (QED) is 0.0246. The van der Waals surface area contributed by atoms with Gasteiger partial charge in [-0.3, -0.25) is 48.1 Å². The molecule has 4 saturated heterocycles. The summed E-state index contributed by atoms with van der Waals surface area (Å²) in [5.74, 6) is -2.84. The molecular formula is C47H62N14O10S2. The van der Waals surface area contributed by atoms with Gasteiger partial charge in [0.15, 0.2) is 5.11 Å². The molecule has 0 bridgehead atoms. The average Bonchev–Trinajstić information content (AvgIpc) is 4.20. The van der Waals surface area contributed by atoms with Crippen LogP contribution in [0.1, 0.15) is 57.1 Å². The summed E-state index contributed by atoms with van der Waals surface area (Å²) < 4.78 is 0. The van der Waals surface area contributed by atoms with Crippen LogP contribution in [-0.4, -0.2) is 200 Å². The Morgan fingerprint density at radius 1 is 0.699 bits per heavy atom. The number of amides is 11. The van der Waals surface area contributed by atoms with Gasteiger partial charge in [-0.05, 0) is 62.2 Å². The van der Waals surface area contributed by atoms with Crippen molar-refractivity contribution in [2.75, 3.05) is 88.4 Å². The monoisotopic (exact) mass is 1050 g/mol. The third-order valence-electron chi connectivity index (χ3n) is 13.1. The van der Waals surface area contributed by atoms with Gasteiger partial charge in [-0.1, -0.05) is 12.8 Å². The Kier molecular flexibility index (Phi) is 19.2. The summed E-state index contributed by atoms with van der Waals surface area (Å²) in [6.45, 7) is 0.773. The Labute approximate surface area is 431 Å². The number of piperazine rings is 2. The molecule has 5 aliphatic heterocycles. The Morgan fingerprint density at radius 2 is 1.30 bits per heavy atom. The number of urea groups is 1. The number of hydrogen-bond acceptors (Lipinski definition) is 13. The maximum atomic E-state index is 14.0. The number of aromatic nitrogens is 2. The number of benzene rings is 1. The van der Waals surface area contributed by atoms with Crippen LogP contribution in [0.25, 0.3) is 0 Å². The first-order chi connectivity index (χ1) is 35.2. The van der Waals surface area contributed by atoms with Gasteiger partial charge in [-0.15, -0.1) is 0 Å². The van der Waals surface area contributed by atoms with Crippen LogP contribution >= 0.6 is 24.0 Å². The highest BCUT2D eigenvalue weighted by atomic mass is 32.2. The number of anilines is 2. The molecule has 24 nitrogen and oxygen atoms in total. The van der Waals surface area contributed by atoms with Crippen molar-refractivity contribution in [3.63, 3.8) is 0 Å². The van der Waals surface area contributed by atoms with E-state index in [1.54, 1.807) is 35.4 Å². The molecule has 4 atom stereocenters. The Balaban J connectivity index is 0.764.